The Bertz CT molecular complexity index is 434. The van der Waals surface area contributed by atoms with Crippen molar-refractivity contribution in [3.8, 4) is 0 Å². The number of para-hydroxylation sites is 1. The number of carbonyl (C=O) groups excluding carboxylic acids is 1. The topological polar surface area (TPSA) is 83.6 Å². The fourth-order valence-corrected chi connectivity index (χ4v) is 2.00. The highest BCUT2D eigenvalue weighted by Gasteiger charge is 2.21. The van der Waals surface area contributed by atoms with Crippen molar-refractivity contribution in [2.75, 3.05) is 11.4 Å². The molecule has 0 aromatic heterocycles. The van der Waals surface area contributed by atoms with E-state index < -0.39 is 12.0 Å². The number of anilines is 1. The maximum Gasteiger partial charge on any atom is 0.303 e. The molecule has 0 aliphatic carbocycles. The van der Waals surface area contributed by atoms with Gasteiger partial charge in [0, 0.05) is 18.7 Å². The number of benzene rings is 1. The second-order valence-electron chi connectivity index (χ2n) is 4.72. The van der Waals surface area contributed by atoms with Crippen LogP contribution in [0.2, 0.25) is 0 Å². The summed E-state index contributed by atoms with van der Waals surface area (Å²) in [5, 5.41) is 8.70. The first-order chi connectivity index (χ1) is 9.56. The maximum absolute atomic E-state index is 12.4. The lowest BCUT2D eigenvalue weighted by molar-refractivity contribution is -0.137. The van der Waals surface area contributed by atoms with Gasteiger partial charge in [0.05, 0.1) is 6.04 Å². The summed E-state index contributed by atoms with van der Waals surface area (Å²) in [5.74, 6) is -1.01. The molecule has 110 valence electrons. The highest BCUT2D eigenvalue weighted by molar-refractivity contribution is 5.97. The summed E-state index contributed by atoms with van der Waals surface area (Å²) in [6.07, 6.45) is 1.92. The minimum absolute atomic E-state index is 0.0413. The standard InChI is InChI=1S/C15H22N2O3/c1-2-7-13(16)15(20)17(11-6-10-14(18)19)12-8-4-3-5-9-12/h3-5,8-9,13H,2,6-7,10-11,16H2,1H3,(H,18,19). The number of nitrogens with zero attached hydrogens (tertiary/aromatic N) is 1. The van der Waals surface area contributed by atoms with Gasteiger partial charge in [-0.05, 0) is 25.0 Å². The summed E-state index contributed by atoms with van der Waals surface area (Å²) in [4.78, 5) is 24.5. The number of hydrogen-bond donors (Lipinski definition) is 2. The first-order valence-electron chi connectivity index (χ1n) is 6.90. The van der Waals surface area contributed by atoms with Crippen molar-refractivity contribution in [1.29, 1.82) is 0 Å². The van der Waals surface area contributed by atoms with Crippen LogP contribution in [0.25, 0.3) is 0 Å². The molecule has 0 saturated heterocycles. The van der Waals surface area contributed by atoms with E-state index in [4.69, 9.17) is 10.8 Å². The monoisotopic (exact) mass is 278 g/mol. The summed E-state index contributed by atoms with van der Waals surface area (Å²) in [6.45, 7) is 2.34. The summed E-state index contributed by atoms with van der Waals surface area (Å²) in [5.41, 5.74) is 6.65. The third-order valence-electron chi connectivity index (χ3n) is 3.02. The Morgan fingerprint density at radius 3 is 2.50 bits per heavy atom. The Balaban J connectivity index is 2.79. The Morgan fingerprint density at radius 1 is 1.30 bits per heavy atom. The van der Waals surface area contributed by atoms with Crippen LogP contribution in [0.5, 0.6) is 0 Å². The molecule has 0 fully saturated rings. The lowest BCUT2D eigenvalue weighted by Gasteiger charge is -2.25. The number of amides is 1. The van der Waals surface area contributed by atoms with Crippen molar-refractivity contribution < 1.29 is 14.7 Å². The van der Waals surface area contributed by atoms with E-state index in [1.54, 1.807) is 4.90 Å². The Labute approximate surface area is 119 Å². The molecule has 0 saturated carbocycles. The van der Waals surface area contributed by atoms with E-state index in [1.165, 1.54) is 0 Å². The van der Waals surface area contributed by atoms with Gasteiger partial charge in [-0.2, -0.15) is 0 Å². The smallest absolute Gasteiger partial charge is 0.303 e. The molecule has 0 aliphatic rings. The summed E-state index contributed by atoms with van der Waals surface area (Å²) in [6, 6.07) is 8.69. The van der Waals surface area contributed by atoms with Gasteiger partial charge in [0.15, 0.2) is 0 Å². The zero-order valence-corrected chi connectivity index (χ0v) is 11.8. The van der Waals surface area contributed by atoms with Crippen molar-refractivity contribution in [1.82, 2.24) is 0 Å². The zero-order valence-electron chi connectivity index (χ0n) is 11.8. The number of aliphatic carboxylic acids is 1. The van der Waals surface area contributed by atoms with E-state index in [-0.39, 0.29) is 12.3 Å². The molecule has 0 radical (unpaired) electrons. The predicted octanol–water partition coefficient (Wildman–Crippen LogP) is 2.01. The number of nitrogens with two attached hydrogens (primary N) is 1. The van der Waals surface area contributed by atoms with Crippen molar-refractivity contribution >= 4 is 17.6 Å². The summed E-state index contributed by atoms with van der Waals surface area (Å²) < 4.78 is 0. The van der Waals surface area contributed by atoms with E-state index in [0.717, 1.165) is 12.1 Å². The molecule has 0 heterocycles. The van der Waals surface area contributed by atoms with E-state index >= 15 is 0 Å². The van der Waals surface area contributed by atoms with Crippen molar-refractivity contribution in [2.24, 2.45) is 5.73 Å². The first kappa shape index (κ1) is 16.2. The van der Waals surface area contributed by atoms with Crippen LogP contribution < -0.4 is 10.6 Å². The average Bonchev–Trinajstić information content (AvgIpc) is 2.44. The zero-order chi connectivity index (χ0) is 15.0. The van der Waals surface area contributed by atoms with E-state index in [2.05, 4.69) is 0 Å². The molecule has 1 atom stereocenters. The van der Waals surface area contributed by atoms with Crippen LogP contribution >= 0.6 is 0 Å². The molecule has 0 bridgehead atoms. The quantitative estimate of drug-likeness (QED) is 0.762. The highest BCUT2D eigenvalue weighted by atomic mass is 16.4. The normalized spacial score (nSPS) is 11.9. The summed E-state index contributed by atoms with van der Waals surface area (Å²) in [7, 11) is 0. The lowest BCUT2D eigenvalue weighted by atomic mass is 10.1. The van der Waals surface area contributed by atoms with E-state index in [9.17, 15) is 9.59 Å². The van der Waals surface area contributed by atoms with Crippen LogP contribution in [-0.4, -0.2) is 29.6 Å². The fraction of sp³-hybridized carbons (Fsp3) is 0.467. The van der Waals surface area contributed by atoms with Gasteiger partial charge in [0.1, 0.15) is 0 Å². The fourth-order valence-electron chi connectivity index (χ4n) is 2.00. The maximum atomic E-state index is 12.4. The molecule has 1 aromatic rings. The molecule has 3 N–H and O–H groups in total. The van der Waals surface area contributed by atoms with Crippen molar-refractivity contribution in [3.63, 3.8) is 0 Å². The number of hydrogen-bond acceptors (Lipinski definition) is 3. The Morgan fingerprint density at radius 2 is 1.95 bits per heavy atom. The van der Waals surface area contributed by atoms with Crippen LogP contribution in [0.4, 0.5) is 5.69 Å². The number of carbonyl (C=O) groups is 2. The molecule has 5 heteroatoms. The highest BCUT2D eigenvalue weighted by Crippen LogP contribution is 2.16. The SMILES string of the molecule is CCCC(N)C(=O)N(CCCC(=O)O)c1ccccc1. The van der Waals surface area contributed by atoms with Gasteiger partial charge in [-0.15, -0.1) is 0 Å². The molecule has 5 nitrogen and oxygen atoms in total. The van der Waals surface area contributed by atoms with Gasteiger partial charge in [-0.25, -0.2) is 0 Å². The van der Waals surface area contributed by atoms with Crippen molar-refractivity contribution in [3.05, 3.63) is 30.3 Å². The molecule has 0 aliphatic heterocycles. The van der Waals surface area contributed by atoms with Crippen LogP contribution in [0.1, 0.15) is 32.6 Å². The summed E-state index contributed by atoms with van der Waals surface area (Å²) >= 11 is 0. The van der Waals surface area contributed by atoms with Gasteiger partial charge in [-0.1, -0.05) is 31.5 Å². The molecule has 0 spiro atoms. The van der Waals surface area contributed by atoms with Crippen LogP contribution in [0.15, 0.2) is 30.3 Å². The second kappa shape index (κ2) is 8.32. The molecule has 1 rings (SSSR count). The van der Waals surface area contributed by atoms with Crippen LogP contribution in [-0.2, 0) is 9.59 Å². The number of carboxylic acid groups (broad SMARTS) is 1. The molecule has 1 unspecified atom stereocenters. The third kappa shape index (κ3) is 5.01. The Hall–Kier alpha value is -1.88. The van der Waals surface area contributed by atoms with Crippen molar-refractivity contribution in [2.45, 2.75) is 38.6 Å². The largest absolute Gasteiger partial charge is 0.481 e. The molecular weight excluding hydrogens is 256 g/mol. The van der Waals surface area contributed by atoms with Gasteiger partial charge in [0.25, 0.3) is 0 Å². The Kier molecular flexibility index (Phi) is 6.73. The first-order valence-corrected chi connectivity index (χ1v) is 6.90. The number of rotatable bonds is 8. The molecule has 20 heavy (non-hydrogen) atoms. The average molecular weight is 278 g/mol. The van der Waals surface area contributed by atoms with E-state index in [1.807, 2.05) is 37.3 Å². The van der Waals surface area contributed by atoms with Gasteiger partial charge in [-0.3, -0.25) is 9.59 Å². The van der Waals surface area contributed by atoms with E-state index in [0.29, 0.717) is 19.4 Å². The van der Waals surface area contributed by atoms with Crippen LogP contribution in [0.3, 0.4) is 0 Å². The minimum atomic E-state index is -0.858. The minimum Gasteiger partial charge on any atom is -0.481 e. The lowest BCUT2D eigenvalue weighted by Crippen LogP contribution is -2.44. The number of carboxylic acids is 1. The van der Waals surface area contributed by atoms with Crippen LogP contribution in [0, 0.1) is 0 Å². The molecule has 1 amide bonds. The second-order valence-corrected chi connectivity index (χ2v) is 4.72. The third-order valence-corrected chi connectivity index (χ3v) is 3.02. The van der Waals surface area contributed by atoms with Gasteiger partial charge < -0.3 is 15.7 Å². The molecule has 1 aromatic carbocycles. The van der Waals surface area contributed by atoms with Gasteiger partial charge >= 0.3 is 5.97 Å². The molecular formula is C15H22N2O3. The predicted molar refractivity (Wildman–Crippen MR) is 78.5 cm³/mol. The van der Waals surface area contributed by atoms with Gasteiger partial charge in [0.2, 0.25) is 5.91 Å².